The summed E-state index contributed by atoms with van der Waals surface area (Å²) in [6, 6.07) is 5.10. The highest BCUT2D eigenvalue weighted by molar-refractivity contribution is 5.99. The molecule has 0 amide bonds. The topological polar surface area (TPSA) is 85.6 Å². The number of hydrogen-bond acceptors (Lipinski definition) is 8. The van der Waals surface area contributed by atoms with E-state index < -0.39 is 5.63 Å². The van der Waals surface area contributed by atoms with Crippen molar-refractivity contribution in [2.75, 3.05) is 35.5 Å². The molecule has 0 atom stereocenters. The summed E-state index contributed by atoms with van der Waals surface area (Å²) < 4.78 is 38.7. The Hall–Kier alpha value is -3.55. The van der Waals surface area contributed by atoms with Gasteiger partial charge in [0.15, 0.2) is 23.0 Å². The molecule has 2 heterocycles. The maximum absolute atomic E-state index is 12.9. The highest BCUT2D eigenvalue weighted by atomic mass is 16.5. The average molecular weight is 400 g/mol. The summed E-state index contributed by atoms with van der Waals surface area (Å²) in [5.74, 6) is 2.51. The SMILES string of the molecule is COc1cc2c(cc1OC)-c1c(c3c(OC)c(OC)c(OC)cc3oc1=O)OC2. The second-order valence-corrected chi connectivity index (χ2v) is 6.27. The van der Waals surface area contributed by atoms with Gasteiger partial charge >= 0.3 is 5.63 Å². The van der Waals surface area contributed by atoms with E-state index in [1.54, 1.807) is 25.3 Å². The molecule has 1 aliphatic rings. The fraction of sp³-hybridized carbons (Fsp3) is 0.286. The van der Waals surface area contributed by atoms with Crippen molar-refractivity contribution in [2.24, 2.45) is 0 Å². The van der Waals surface area contributed by atoms with E-state index in [4.69, 9.17) is 32.8 Å². The molecule has 1 aromatic heterocycles. The molecule has 0 N–H and O–H groups in total. The van der Waals surface area contributed by atoms with Gasteiger partial charge in [-0.05, 0) is 12.1 Å². The van der Waals surface area contributed by atoms with Crippen LogP contribution in [0.1, 0.15) is 5.56 Å². The minimum absolute atomic E-state index is 0.235. The number of methoxy groups -OCH3 is 5. The maximum atomic E-state index is 12.9. The standard InChI is InChI=1S/C21H20O8/c1-23-12-6-10-9-28-19-16(11(10)7-13(12)24-2)21(22)29-14-8-15(25-3)18(26-4)20(27-5)17(14)19/h6-8H,9H2,1-5H3. The minimum atomic E-state index is -0.546. The van der Waals surface area contributed by atoms with E-state index in [2.05, 4.69) is 0 Å². The number of hydrogen-bond donors (Lipinski definition) is 0. The van der Waals surface area contributed by atoms with Crippen LogP contribution in [-0.4, -0.2) is 35.5 Å². The third-order valence-electron chi connectivity index (χ3n) is 4.91. The van der Waals surface area contributed by atoms with Crippen LogP contribution in [0, 0.1) is 0 Å². The van der Waals surface area contributed by atoms with E-state index in [1.807, 2.05) is 0 Å². The number of fused-ring (bicyclic) bond motifs is 5. The second-order valence-electron chi connectivity index (χ2n) is 6.27. The Bertz CT molecular complexity index is 1160. The van der Waals surface area contributed by atoms with E-state index in [1.165, 1.54) is 28.4 Å². The molecule has 8 nitrogen and oxygen atoms in total. The van der Waals surface area contributed by atoms with Crippen molar-refractivity contribution in [1.29, 1.82) is 0 Å². The normalized spacial score (nSPS) is 11.9. The number of rotatable bonds is 5. The monoisotopic (exact) mass is 400 g/mol. The van der Waals surface area contributed by atoms with Gasteiger partial charge in [-0.25, -0.2) is 4.79 Å². The molecule has 1 aliphatic heterocycles. The van der Waals surface area contributed by atoms with Crippen molar-refractivity contribution in [3.8, 4) is 45.6 Å². The Morgan fingerprint density at radius 1 is 0.793 bits per heavy atom. The molecule has 0 saturated carbocycles. The molecule has 4 rings (SSSR count). The molecule has 0 unspecified atom stereocenters. The Labute approximate surface area is 166 Å². The molecule has 0 radical (unpaired) electrons. The Morgan fingerprint density at radius 3 is 2.07 bits per heavy atom. The zero-order valence-electron chi connectivity index (χ0n) is 16.7. The second kappa shape index (κ2) is 7.12. The quantitative estimate of drug-likeness (QED) is 0.603. The number of ether oxygens (including phenoxy) is 6. The summed E-state index contributed by atoms with van der Waals surface area (Å²) in [7, 11) is 7.58. The van der Waals surface area contributed by atoms with Gasteiger partial charge in [0.2, 0.25) is 5.75 Å². The largest absolute Gasteiger partial charge is 0.493 e. The fourth-order valence-corrected chi connectivity index (χ4v) is 3.60. The summed E-state index contributed by atoms with van der Waals surface area (Å²) in [4.78, 5) is 12.9. The summed E-state index contributed by atoms with van der Waals surface area (Å²) in [6.45, 7) is 0.235. The fourth-order valence-electron chi connectivity index (χ4n) is 3.60. The molecule has 0 bridgehead atoms. The van der Waals surface area contributed by atoms with Crippen molar-refractivity contribution in [3.05, 3.63) is 34.2 Å². The van der Waals surface area contributed by atoms with E-state index >= 15 is 0 Å². The van der Waals surface area contributed by atoms with Crippen LogP contribution in [-0.2, 0) is 6.61 Å². The van der Waals surface area contributed by atoms with Crippen molar-refractivity contribution >= 4 is 11.0 Å². The lowest BCUT2D eigenvalue weighted by Gasteiger charge is -2.24. The van der Waals surface area contributed by atoms with Crippen molar-refractivity contribution in [3.63, 3.8) is 0 Å². The van der Waals surface area contributed by atoms with Gasteiger partial charge in [0, 0.05) is 17.2 Å². The van der Waals surface area contributed by atoms with E-state index in [-0.39, 0.29) is 17.8 Å². The summed E-state index contributed by atoms with van der Waals surface area (Å²) in [5.41, 5.74) is 1.44. The first-order chi connectivity index (χ1) is 14.1. The summed E-state index contributed by atoms with van der Waals surface area (Å²) in [5, 5.41) is 0.486. The van der Waals surface area contributed by atoms with Crippen molar-refractivity contribution in [1.82, 2.24) is 0 Å². The molecule has 29 heavy (non-hydrogen) atoms. The van der Waals surface area contributed by atoms with Crippen LogP contribution in [0.25, 0.3) is 22.1 Å². The van der Waals surface area contributed by atoms with Crippen LogP contribution in [0.4, 0.5) is 0 Å². The van der Waals surface area contributed by atoms with E-state index in [9.17, 15) is 4.79 Å². The molecule has 2 aromatic carbocycles. The van der Waals surface area contributed by atoms with Gasteiger partial charge in [-0.2, -0.15) is 0 Å². The van der Waals surface area contributed by atoms with Crippen LogP contribution in [0.15, 0.2) is 27.4 Å². The Kier molecular flexibility index (Phi) is 4.62. The maximum Gasteiger partial charge on any atom is 0.348 e. The highest BCUT2D eigenvalue weighted by Crippen LogP contribution is 2.51. The van der Waals surface area contributed by atoms with Gasteiger partial charge in [0.05, 0.1) is 35.5 Å². The Morgan fingerprint density at radius 2 is 1.45 bits per heavy atom. The van der Waals surface area contributed by atoms with Crippen molar-refractivity contribution in [2.45, 2.75) is 6.61 Å². The molecule has 0 fully saturated rings. The van der Waals surface area contributed by atoms with Gasteiger partial charge in [-0.1, -0.05) is 0 Å². The van der Waals surface area contributed by atoms with Gasteiger partial charge < -0.3 is 32.8 Å². The lowest BCUT2D eigenvalue weighted by molar-refractivity contribution is 0.296. The van der Waals surface area contributed by atoms with Gasteiger partial charge in [0.25, 0.3) is 0 Å². The summed E-state index contributed by atoms with van der Waals surface area (Å²) >= 11 is 0. The average Bonchev–Trinajstić information content (AvgIpc) is 2.75. The van der Waals surface area contributed by atoms with E-state index in [0.717, 1.165) is 5.56 Å². The first-order valence-electron chi connectivity index (χ1n) is 8.75. The molecule has 152 valence electrons. The Balaban J connectivity index is 2.11. The van der Waals surface area contributed by atoms with Crippen LogP contribution in [0.5, 0.6) is 34.5 Å². The molecule has 3 aromatic rings. The molecule has 8 heteroatoms. The smallest absolute Gasteiger partial charge is 0.348 e. The predicted molar refractivity (Wildman–Crippen MR) is 105 cm³/mol. The van der Waals surface area contributed by atoms with Gasteiger partial charge in [0.1, 0.15) is 28.9 Å². The van der Waals surface area contributed by atoms with Crippen LogP contribution in [0.2, 0.25) is 0 Å². The van der Waals surface area contributed by atoms with Crippen LogP contribution < -0.4 is 34.0 Å². The third-order valence-corrected chi connectivity index (χ3v) is 4.91. The molecular weight excluding hydrogens is 380 g/mol. The first kappa shape index (κ1) is 18.8. The highest BCUT2D eigenvalue weighted by Gasteiger charge is 2.30. The zero-order chi connectivity index (χ0) is 20.7. The van der Waals surface area contributed by atoms with Gasteiger partial charge in [-0.15, -0.1) is 0 Å². The van der Waals surface area contributed by atoms with Crippen molar-refractivity contribution < 1.29 is 32.8 Å². The molecule has 0 spiro atoms. The third kappa shape index (κ3) is 2.71. The molecular formula is C21H20O8. The minimum Gasteiger partial charge on any atom is -0.493 e. The number of benzene rings is 2. The van der Waals surface area contributed by atoms with E-state index in [0.29, 0.717) is 45.4 Å². The zero-order valence-corrected chi connectivity index (χ0v) is 16.7. The molecule has 0 saturated heterocycles. The van der Waals surface area contributed by atoms with Crippen LogP contribution in [0.3, 0.4) is 0 Å². The predicted octanol–water partition coefficient (Wildman–Crippen LogP) is 3.40. The molecule has 0 aliphatic carbocycles. The lowest BCUT2D eigenvalue weighted by atomic mass is 9.96. The first-order valence-corrected chi connectivity index (χ1v) is 8.75. The van der Waals surface area contributed by atoms with Gasteiger partial charge in [-0.3, -0.25) is 0 Å². The van der Waals surface area contributed by atoms with Crippen LogP contribution >= 0.6 is 0 Å². The lowest BCUT2D eigenvalue weighted by Crippen LogP contribution is -2.15. The summed E-state index contributed by atoms with van der Waals surface area (Å²) in [6.07, 6.45) is 0.